The average molecular weight is 448 g/mol. The minimum atomic E-state index is 0. The lowest BCUT2D eigenvalue weighted by Gasteiger charge is -2.22. The Morgan fingerprint density at radius 3 is 2.63 bits per heavy atom. The lowest BCUT2D eigenvalue weighted by atomic mass is 9.89. The molecule has 1 aliphatic rings. The number of benzene rings is 1. The van der Waals surface area contributed by atoms with Crippen molar-refractivity contribution in [3.63, 3.8) is 0 Å². The van der Waals surface area contributed by atoms with Crippen molar-refractivity contribution in [2.24, 2.45) is 5.92 Å². The van der Waals surface area contributed by atoms with Crippen molar-refractivity contribution in [2.45, 2.75) is 58.5 Å². The number of hydrogen-bond acceptors (Lipinski definition) is 4. The van der Waals surface area contributed by atoms with Gasteiger partial charge < -0.3 is 14.2 Å². The fraction of sp³-hybridized carbons (Fsp3) is 0.542. The maximum absolute atomic E-state index is 5.76. The molecule has 1 fully saturated rings. The summed E-state index contributed by atoms with van der Waals surface area (Å²) < 4.78 is 8.21. The average Bonchev–Trinajstić information content (AvgIpc) is 3.29. The van der Waals surface area contributed by atoms with E-state index in [9.17, 15) is 0 Å². The summed E-state index contributed by atoms with van der Waals surface area (Å²) in [6.45, 7) is 4.20. The number of rotatable bonds is 7. The molecule has 6 heteroatoms. The Labute approximate surface area is 190 Å². The summed E-state index contributed by atoms with van der Waals surface area (Å²) in [6, 6.07) is 6.41. The number of thiazole rings is 1. The summed E-state index contributed by atoms with van der Waals surface area (Å²) in [4.78, 5) is 8.67. The predicted molar refractivity (Wildman–Crippen MR) is 130 cm³/mol. The van der Waals surface area contributed by atoms with Gasteiger partial charge in [0.05, 0.1) is 18.3 Å². The van der Waals surface area contributed by atoms with Crippen LogP contribution in [0.2, 0.25) is 0 Å². The maximum Gasteiger partial charge on any atom is 0.143 e. The fourth-order valence-electron chi connectivity index (χ4n) is 4.65. The van der Waals surface area contributed by atoms with Crippen LogP contribution >= 0.6 is 23.7 Å². The molecule has 30 heavy (non-hydrogen) atoms. The molecule has 4 nitrogen and oxygen atoms in total. The van der Waals surface area contributed by atoms with Gasteiger partial charge in [0, 0.05) is 35.1 Å². The van der Waals surface area contributed by atoms with Crippen molar-refractivity contribution in [1.82, 2.24) is 14.5 Å². The molecule has 0 radical (unpaired) electrons. The van der Waals surface area contributed by atoms with E-state index in [2.05, 4.69) is 54.9 Å². The minimum Gasteiger partial charge on any atom is -0.495 e. The minimum absolute atomic E-state index is 0. The first-order valence-electron chi connectivity index (χ1n) is 10.9. The number of nitrogens with zero attached hydrogens (tertiary/aromatic N) is 3. The second-order valence-electron chi connectivity index (χ2n) is 8.54. The summed E-state index contributed by atoms with van der Waals surface area (Å²) in [5.74, 6) is 1.73. The van der Waals surface area contributed by atoms with Crippen LogP contribution in [0, 0.1) is 5.92 Å². The molecule has 164 valence electrons. The van der Waals surface area contributed by atoms with E-state index in [0.717, 1.165) is 36.2 Å². The molecule has 0 unspecified atom stereocenters. The van der Waals surface area contributed by atoms with E-state index in [1.165, 1.54) is 59.1 Å². The number of aromatic nitrogens is 2. The molecule has 0 saturated heterocycles. The number of methoxy groups -OCH3 is 1. The highest BCUT2D eigenvalue weighted by Crippen LogP contribution is 2.39. The molecule has 0 N–H and O–H groups in total. The Bertz CT molecular complexity index is 972. The quantitative estimate of drug-likeness (QED) is 0.419. The van der Waals surface area contributed by atoms with Gasteiger partial charge in [-0.25, -0.2) is 4.98 Å². The van der Waals surface area contributed by atoms with Crippen molar-refractivity contribution in [1.29, 1.82) is 0 Å². The topological polar surface area (TPSA) is 30.3 Å². The predicted octanol–water partition coefficient (Wildman–Crippen LogP) is 6.40. The molecule has 2 heterocycles. The van der Waals surface area contributed by atoms with Gasteiger partial charge in [0.15, 0.2) is 0 Å². The molecule has 2 aromatic heterocycles. The standard InChI is InChI=1S/C24H33N3OS.ClH/c1-5-22-20(16-26(2)3)25-24(29-22)19-15-27(14-17-10-7-6-8-11-17)23-18(19)12-9-13-21(23)28-4;/h9,12-13,15,17H,5-8,10-11,14,16H2,1-4H3;1H. The molecule has 1 saturated carbocycles. The lowest BCUT2D eigenvalue weighted by molar-refractivity contribution is 0.321. The monoisotopic (exact) mass is 447 g/mol. The molecular weight excluding hydrogens is 414 g/mol. The Morgan fingerprint density at radius 1 is 1.20 bits per heavy atom. The summed E-state index contributed by atoms with van der Waals surface area (Å²) in [6.07, 6.45) is 10.2. The summed E-state index contributed by atoms with van der Waals surface area (Å²) in [5, 5.41) is 2.40. The highest BCUT2D eigenvalue weighted by Gasteiger charge is 2.21. The van der Waals surface area contributed by atoms with Gasteiger partial charge in [0.2, 0.25) is 0 Å². The molecule has 1 aromatic carbocycles. The molecule has 0 bridgehead atoms. The number of para-hydroxylation sites is 1. The van der Waals surface area contributed by atoms with Gasteiger partial charge in [0.1, 0.15) is 10.8 Å². The van der Waals surface area contributed by atoms with Crippen LogP contribution in [0.5, 0.6) is 5.75 Å². The third-order valence-corrected chi connectivity index (χ3v) is 7.33. The third-order valence-electron chi connectivity index (χ3n) is 6.06. The van der Waals surface area contributed by atoms with E-state index in [4.69, 9.17) is 9.72 Å². The van der Waals surface area contributed by atoms with Gasteiger partial charge in [-0.3, -0.25) is 0 Å². The van der Waals surface area contributed by atoms with E-state index in [1.54, 1.807) is 7.11 Å². The number of halogens is 1. The van der Waals surface area contributed by atoms with Crippen LogP contribution in [-0.4, -0.2) is 35.7 Å². The largest absolute Gasteiger partial charge is 0.495 e. The van der Waals surface area contributed by atoms with E-state index in [-0.39, 0.29) is 12.4 Å². The van der Waals surface area contributed by atoms with Crippen molar-refractivity contribution >= 4 is 34.6 Å². The van der Waals surface area contributed by atoms with Gasteiger partial charge in [-0.05, 0) is 45.3 Å². The van der Waals surface area contributed by atoms with Gasteiger partial charge in [-0.1, -0.05) is 38.3 Å². The summed E-state index contributed by atoms with van der Waals surface area (Å²) >= 11 is 1.85. The van der Waals surface area contributed by atoms with Crippen LogP contribution in [0.3, 0.4) is 0 Å². The second kappa shape index (κ2) is 10.2. The molecule has 4 rings (SSSR count). The first-order chi connectivity index (χ1) is 14.1. The first-order valence-corrected chi connectivity index (χ1v) is 11.7. The molecular formula is C24H34ClN3OS. The molecule has 0 aliphatic heterocycles. The summed E-state index contributed by atoms with van der Waals surface area (Å²) in [7, 11) is 6.00. The molecule has 3 aromatic rings. The van der Waals surface area contributed by atoms with Crippen LogP contribution in [0.4, 0.5) is 0 Å². The zero-order valence-electron chi connectivity index (χ0n) is 18.6. The zero-order chi connectivity index (χ0) is 20.4. The van der Waals surface area contributed by atoms with Crippen molar-refractivity contribution < 1.29 is 4.74 Å². The van der Waals surface area contributed by atoms with Crippen LogP contribution < -0.4 is 4.74 Å². The maximum atomic E-state index is 5.76. The highest BCUT2D eigenvalue weighted by molar-refractivity contribution is 7.15. The second-order valence-corrected chi connectivity index (χ2v) is 9.62. The Morgan fingerprint density at radius 2 is 1.97 bits per heavy atom. The zero-order valence-corrected chi connectivity index (χ0v) is 20.2. The number of hydrogen-bond donors (Lipinski definition) is 0. The van der Waals surface area contributed by atoms with Crippen LogP contribution in [0.25, 0.3) is 21.5 Å². The van der Waals surface area contributed by atoms with Crippen LogP contribution in [0.15, 0.2) is 24.4 Å². The number of ether oxygens (including phenoxy) is 1. The van der Waals surface area contributed by atoms with E-state index in [1.807, 2.05) is 11.3 Å². The highest BCUT2D eigenvalue weighted by atomic mass is 35.5. The van der Waals surface area contributed by atoms with Crippen molar-refractivity contribution in [3.8, 4) is 16.3 Å². The van der Waals surface area contributed by atoms with Crippen molar-refractivity contribution in [2.75, 3.05) is 21.2 Å². The lowest BCUT2D eigenvalue weighted by Crippen LogP contribution is -2.13. The van der Waals surface area contributed by atoms with E-state index < -0.39 is 0 Å². The van der Waals surface area contributed by atoms with Gasteiger partial charge in [-0.15, -0.1) is 23.7 Å². The van der Waals surface area contributed by atoms with Crippen LogP contribution in [0.1, 0.15) is 49.6 Å². The Hall–Kier alpha value is -1.56. The van der Waals surface area contributed by atoms with E-state index in [0.29, 0.717) is 0 Å². The van der Waals surface area contributed by atoms with Crippen LogP contribution in [-0.2, 0) is 19.5 Å². The van der Waals surface area contributed by atoms with Gasteiger partial charge >= 0.3 is 0 Å². The molecule has 0 atom stereocenters. The van der Waals surface area contributed by atoms with Gasteiger partial charge in [0.25, 0.3) is 0 Å². The molecule has 0 amide bonds. The van der Waals surface area contributed by atoms with E-state index >= 15 is 0 Å². The molecule has 1 aliphatic carbocycles. The SMILES string of the molecule is CCc1sc(-c2cn(CC3CCCCC3)c3c(OC)cccc23)nc1CN(C)C.Cl. The normalized spacial score (nSPS) is 15.0. The first kappa shape index (κ1) is 23.1. The van der Waals surface area contributed by atoms with Crippen molar-refractivity contribution in [3.05, 3.63) is 35.0 Å². The Kier molecular flexibility index (Phi) is 7.83. The smallest absolute Gasteiger partial charge is 0.143 e. The third kappa shape index (κ3) is 4.68. The number of aryl methyl sites for hydroxylation is 1. The fourth-order valence-corrected chi connectivity index (χ4v) is 5.68. The Balaban J connectivity index is 0.00000256. The summed E-state index contributed by atoms with van der Waals surface area (Å²) in [5.41, 5.74) is 3.69. The number of fused-ring (bicyclic) bond motifs is 1. The molecule has 0 spiro atoms. The van der Waals surface area contributed by atoms with Gasteiger partial charge in [-0.2, -0.15) is 0 Å².